The van der Waals surface area contributed by atoms with Crippen molar-refractivity contribution in [2.45, 2.75) is 40.2 Å². The van der Waals surface area contributed by atoms with Crippen LogP contribution in [0.2, 0.25) is 0 Å². The van der Waals surface area contributed by atoms with E-state index in [1.54, 1.807) is 0 Å². The molecule has 1 atom stereocenters. The first kappa shape index (κ1) is 14.5. The van der Waals surface area contributed by atoms with Crippen LogP contribution in [0.25, 0.3) is 11.5 Å². The molecule has 0 saturated heterocycles. The third kappa shape index (κ3) is 2.82. The van der Waals surface area contributed by atoms with Crippen LogP contribution in [0.15, 0.2) is 16.7 Å². The Hall–Kier alpha value is -1.88. The van der Waals surface area contributed by atoms with Crippen molar-refractivity contribution in [2.24, 2.45) is 0 Å². The van der Waals surface area contributed by atoms with E-state index in [1.807, 2.05) is 39.8 Å². The van der Waals surface area contributed by atoms with Crippen LogP contribution >= 0.6 is 0 Å². The van der Waals surface area contributed by atoms with Crippen molar-refractivity contribution in [2.75, 3.05) is 12.3 Å². The SMILES string of the molecule is CCOC(CC)c1noc(-c2cc(C)cc(C)c2N)n1. The van der Waals surface area contributed by atoms with Crippen LogP contribution in [0.5, 0.6) is 0 Å². The third-order valence-electron chi connectivity index (χ3n) is 3.23. The lowest BCUT2D eigenvalue weighted by Crippen LogP contribution is -2.04. The number of aromatic nitrogens is 2. The molecule has 0 saturated carbocycles. The highest BCUT2D eigenvalue weighted by molar-refractivity contribution is 5.74. The first-order valence-corrected chi connectivity index (χ1v) is 6.89. The Bertz CT molecular complexity index is 593. The topological polar surface area (TPSA) is 74.2 Å². The van der Waals surface area contributed by atoms with Gasteiger partial charge in [0.15, 0.2) is 0 Å². The Labute approximate surface area is 119 Å². The van der Waals surface area contributed by atoms with E-state index >= 15 is 0 Å². The van der Waals surface area contributed by atoms with Gasteiger partial charge in [-0.05, 0) is 44.4 Å². The number of ether oxygens (including phenoxy) is 1. The summed E-state index contributed by atoms with van der Waals surface area (Å²) in [7, 11) is 0. The highest BCUT2D eigenvalue weighted by Gasteiger charge is 2.19. The maximum absolute atomic E-state index is 6.10. The summed E-state index contributed by atoms with van der Waals surface area (Å²) < 4.78 is 10.9. The zero-order chi connectivity index (χ0) is 14.7. The Morgan fingerprint density at radius 3 is 2.70 bits per heavy atom. The molecule has 0 bridgehead atoms. The van der Waals surface area contributed by atoms with Gasteiger partial charge in [-0.15, -0.1) is 0 Å². The second kappa shape index (κ2) is 6.05. The summed E-state index contributed by atoms with van der Waals surface area (Å²) in [5.41, 5.74) is 9.69. The summed E-state index contributed by atoms with van der Waals surface area (Å²) in [4.78, 5) is 4.43. The molecule has 5 heteroatoms. The molecule has 0 spiro atoms. The average molecular weight is 275 g/mol. The summed E-state index contributed by atoms with van der Waals surface area (Å²) in [6.07, 6.45) is 0.666. The predicted octanol–water partition coefficient (Wildman–Crippen LogP) is 3.42. The summed E-state index contributed by atoms with van der Waals surface area (Å²) in [6, 6.07) is 3.99. The van der Waals surface area contributed by atoms with E-state index in [4.69, 9.17) is 15.0 Å². The quantitative estimate of drug-likeness (QED) is 0.846. The number of nitrogens with zero attached hydrogens (tertiary/aromatic N) is 2. The fraction of sp³-hybridized carbons (Fsp3) is 0.467. The van der Waals surface area contributed by atoms with E-state index in [9.17, 15) is 0 Å². The normalized spacial score (nSPS) is 12.6. The number of anilines is 1. The minimum atomic E-state index is -0.135. The third-order valence-corrected chi connectivity index (χ3v) is 3.23. The number of nitrogen functional groups attached to an aromatic ring is 1. The molecule has 0 aliphatic rings. The number of aryl methyl sites for hydroxylation is 2. The molecule has 0 fully saturated rings. The van der Waals surface area contributed by atoms with Crippen LogP contribution in [0.3, 0.4) is 0 Å². The highest BCUT2D eigenvalue weighted by Crippen LogP contribution is 2.30. The molecule has 1 aromatic heterocycles. The Morgan fingerprint density at radius 2 is 2.05 bits per heavy atom. The van der Waals surface area contributed by atoms with Crippen LogP contribution < -0.4 is 5.73 Å². The van der Waals surface area contributed by atoms with Crippen LogP contribution in [0.4, 0.5) is 5.69 Å². The Balaban J connectivity index is 2.38. The van der Waals surface area contributed by atoms with Crippen LogP contribution in [0, 0.1) is 13.8 Å². The molecule has 5 nitrogen and oxygen atoms in total. The van der Waals surface area contributed by atoms with Gasteiger partial charge in [-0.25, -0.2) is 0 Å². The van der Waals surface area contributed by atoms with Crippen molar-refractivity contribution < 1.29 is 9.26 Å². The molecule has 0 aliphatic heterocycles. The van der Waals surface area contributed by atoms with Gasteiger partial charge in [-0.2, -0.15) is 4.98 Å². The lowest BCUT2D eigenvalue weighted by Gasteiger charge is -2.09. The van der Waals surface area contributed by atoms with E-state index in [0.29, 0.717) is 24.0 Å². The average Bonchev–Trinajstić information content (AvgIpc) is 2.89. The molecule has 1 aromatic carbocycles. The maximum atomic E-state index is 6.10. The fourth-order valence-electron chi connectivity index (χ4n) is 2.21. The minimum Gasteiger partial charge on any atom is -0.398 e. The largest absolute Gasteiger partial charge is 0.398 e. The monoisotopic (exact) mass is 275 g/mol. The van der Waals surface area contributed by atoms with Crippen LogP contribution in [0.1, 0.15) is 43.3 Å². The fourth-order valence-corrected chi connectivity index (χ4v) is 2.21. The molecule has 2 N–H and O–H groups in total. The number of rotatable bonds is 5. The molecule has 2 aromatic rings. The van der Waals surface area contributed by atoms with Gasteiger partial charge in [0.2, 0.25) is 5.82 Å². The van der Waals surface area contributed by atoms with Crippen molar-refractivity contribution in [3.05, 3.63) is 29.1 Å². The lowest BCUT2D eigenvalue weighted by molar-refractivity contribution is 0.0518. The first-order chi connectivity index (χ1) is 9.56. The molecule has 20 heavy (non-hydrogen) atoms. The summed E-state index contributed by atoms with van der Waals surface area (Å²) in [6.45, 7) is 8.58. The van der Waals surface area contributed by atoms with E-state index in [-0.39, 0.29) is 6.10 Å². The molecule has 0 radical (unpaired) electrons. The number of hydrogen-bond acceptors (Lipinski definition) is 5. The molecule has 1 heterocycles. The molecule has 108 valence electrons. The number of hydrogen-bond donors (Lipinski definition) is 1. The van der Waals surface area contributed by atoms with Gasteiger partial charge in [0.1, 0.15) is 6.10 Å². The molecule has 0 aliphatic carbocycles. The van der Waals surface area contributed by atoms with Gasteiger partial charge in [-0.3, -0.25) is 0 Å². The van der Waals surface area contributed by atoms with Crippen LogP contribution in [-0.2, 0) is 4.74 Å². The Morgan fingerprint density at radius 1 is 1.30 bits per heavy atom. The second-order valence-electron chi connectivity index (χ2n) is 4.85. The van der Waals surface area contributed by atoms with E-state index in [1.165, 1.54) is 0 Å². The molecular weight excluding hydrogens is 254 g/mol. The Kier molecular flexibility index (Phi) is 4.39. The smallest absolute Gasteiger partial charge is 0.260 e. The zero-order valence-corrected chi connectivity index (χ0v) is 12.4. The number of nitrogens with two attached hydrogens (primary N) is 1. The maximum Gasteiger partial charge on any atom is 0.260 e. The summed E-state index contributed by atoms with van der Waals surface area (Å²) in [5, 5.41) is 4.02. The van der Waals surface area contributed by atoms with E-state index in [0.717, 1.165) is 23.1 Å². The standard InChI is InChI=1S/C15H21N3O2/c1-5-12(19-6-2)14-17-15(20-18-14)11-8-9(3)7-10(4)13(11)16/h7-8,12H,5-6,16H2,1-4H3. The van der Waals surface area contributed by atoms with Crippen molar-refractivity contribution >= 4 is 5.69 Å². The van der Waals surface area contributed by atoms with E-state index in [2.05, 4.69) is 10.1 Å². The molecular formula is C15H21N3O2. The van der Waals surface area contributed by atoms with Crippen molar-refractivity contribution in [1.82, 2.24) is 10.1 Å². The van der Waals surface area contributed by atoms with Gasteiger partial charge in [-0.1, -0.05) is 18.1 Å². The minimum absolute atomic E-state index is 0.135. The van der Waals surface area contributed by atoms with Gasteiger partial charge < -0.3 is 15.0 Å². The zero-order valence-electron chi connectivity index (χ0n) is 12.4. The van der Waals surface area contributed by atoms with Gasteiger partial charge in [0.25, 0.3) is 5.89 Å². The number of benzene rings is 1. The molecule has 2 rings (SSSR count). The first-order valence-electron chi connectivity index (χ1n) is 6.89. The predicted molar refractivity (Wildman–Crippen MR) is 78.3 cm³/mol. The van der Waals surface area contributed by atoms with Crippen LogP contribution in [-0.4, -0.2) is 16.7 Å². The van der Waals surface area contributed by atoms with Crippen molar-refractivity contribution in [3.8, 4) is 11.5 Å². The highest BCUT2D eigenvalue weighted by atomic mass is 16.5. The van der Waals surface area contributed by atoms with Gasteiger partial charge in [0.05, 0.1) is 5.56 Å². The summed E-state index contributed by atoms with van der Waals surface area (Å²) >= 11 is 0. The molecule has 0 amide bonds. The van der Waals surface area contributed by atoms with E-state index < -0.39 is 0 Å². The van der Waals surface area contributed by atoms with Crippen molar-refractivity contribution in [1.29, 1.82) is 0 Å². The summed E-state index contributed by atoms with van der Waals surface area (Å²) in [5.74, 6) is 1.02. The van der Waals surface area contributed by atoms with Gasteiger partial charge >= 0.3 is 0 Å². The lowest BCUT2D eigenvalue weighted by atomic mass is 10.0. The van der Waals surface area contributed by atoms with Gasteiger partial charge in [0, 0.05) is 12.3 Å². The molecule has 1 unspecified atom stereocenters. The second-order valence-corrected chi connectivity index (χ2v) is 4.85. The van der Waals surface area contributed by atoms with Crippen molar-refractivity contribution in [3.63, 3.8) is 0 Å².